The molecule has 0 aromatic heterocycles. The van der Waals surface area contributed by atoms with E-state index in [9.17, 15) is 16.8 Å². The molecule has 2 unspecified atom stereocenters. The van der Waals surface area contributed by atoms with E-state index in [1.165, 1.54) is 0 Å². The summed E-state index contributed by atoms with van der Waals surface area (Å²) in [6.45, 7) is 1.43. The zero-order valence-electron chi connectivity index (χ0n) is 10.7. The fraction of sp³-hybridized carbons (Fsp3) is 1.00. The topological polar surface area (TPSA) is 90.0 Å². The fourth-order valence-corrected chi connectivity index (χ4v) is 2.82. The first-order chi connectivity index (χ1) is 8.07. The van der Waals surface area contributed by atoms with Crippen LogP contribution in [0.25, 0.3) is 0 Å². The van der Waals surface area contributed by atoms with Gasteiger partial charge in [0.05, 0.1) is 25.7 Å². The summed E-state index contributed by atoms with van der Waals surface area (Å²) in [4.78, 5) is 1.99. The maximum atomic E-state index is 10.9. The average molecular weight is 301 g/mol. The summed E-state index contributed by atoms with van der Waals surface area (Å²) in [5.41, 5.74) is 0. The normalized spacial score (nSPS) is 26.6. The highest BCUT2D eigenvalue weighted by Gasteiger charge is 2.32. The van der Waals surface area contributed by atoms with Crippen molar-refractivity contribution < 1.29 is 25.2 Å². The molecule has 18 heavy (non-hydrogen) atoms. The Morgan fingerprint density at radius 1 is 0.944 bits per heavy atom. The lowest BCUT2D eigenvalue weighted by Crippen LogP contribution is -2.25. The molecule has 0 aromatic carbocycles. The number of hydrogen-bond donors (Lipinski definition) is 0. The van der Waals surface area contributed by atoms with Crippen LogP contribution in [0.5, 0.6) is 0 Å². The third-order valence-corrected chi connectivity index (χ3v) is 3.88. The maximum Gasteiger partial charge on any atom is 0.264 e. The number of rotatable bonds is 6. The zero-order chi connectivity index (χ0) is 14.0. The summed E-state index contributed by atoms with van der Waals surface area (Å²) in [5.74, 6) is -0.0991. The van der Waals surface area contributed by atoms with Crippen LogP contribution < -0.4 is 0 Å². The van der Waals surface area contributed by atoms with E-state index in [-0.39, 0.29) is 25.0 Å². The van der Waals surface area contributed by atoms with E-state index in [4.69, 9.17) is 8.37 Å². The lowest BCUT2D eigenvalue weighted by atomic mass is 9.98. The molecule has 1 saturated heterocycles. The van der Waals surface area contributed by atoms with Crippen molar-refractivity contribution in [3.8, 4) is 0 Å². The van der Waals surface area contributed by atoms with Crippen molar-refractivity contribution in [2.24, 2.45) is 11.8 Å². The fourth-order valence-electron chi connectivity index (χ4n) is 1.97. The maximum absolute atomic E-state index is 10.9. The smallest absolute Gasteiger partial charge is 0.264 e. The van der Waals surface area contributed by atoms with Gasteiger partial charge in [0.15, 0.2) is 0 Å². The molecule has 1 rings (SSSR count). The minimum absolute atomic E-state index is 0.0496. The van der Waals surface area contributed by atoms with Gasteiger partial charge in [-0.2, -0.15) is 16.8 Å². The molecule has 7 nitrogen and oxygen atoms in total. The monoisotopic (exact) mass is 301 g/mol. The molecule has 0 saturated carbocycles. The molecule has 1 aliphatic heterocycles. The van der Waals surface area contributed by atoms with Crippen LogP contribution in [-0.2, 0) is 28.6 Å². The molecule has 1 fully saturated rings. The Morgan fingerprint density at radius 3 is 1.56 bits per heavy atom. The van der Waals surface area contributed by atoms with Gasteiger partial charge in [0, 0.05) is 24.9 Å². The third-order valence-electron chi connectivity index (χ3n) is 2.75. The zero-order valence-corrected chi connectivity index (χ0v) is 12.3. The summed E-state index contributed by atoms with van der Waals surface area (Å²) >= 11 is 0. The Balaban J connectivity index is 2.54. The predicted molar refractivity (Wildman–Crippen MR) is 66.1 cm³/mol. The van der Waals surface area contributed by atoms with Gasteiger partial charge in [-0.3, -0.25) is 8.37 Å². The van der Waals surface area contributed by atoms with Gasteiger partial charge >= 0.3 is 0 Å². The van der Waals surface area contributed by atoms with Crippen LogP contribution in [0.4, 0.5) is 0 Å². The SMILES string of the molecule is CN1CC(COS(C)(=O)=O)C(COS(C)(=O)=O)C1. The summed E-state index contributed by atoms with van der Waals surface area (Å²) in [5, 5.41) is 0. The van der Waals surface area contributed by atoms with Crippen molar-refractivity contribution in [2.45, 2.75) is 0 Å². The van der Waals surface area contributed by atoms with Crippen LogP contribution in [0, 0.1) is 11.8 Å². The lowest BCUT2D eigenvalue weighted by Gasteiger charge is -2.16. The second kappa shape index (κ2) is 5.83. The molecular formula is C9H19NO6S2. The van der Waals surface area contributed by atoms with Gasteiger partial charge in [0.1, 0.15) is 0 Å². The minimum Gasteiger partial charge on any atom is -0.306 e. The van der Waals surface area contributed by atoms with Crippen molar-refractivity contribution in [3.05, 3.63) is 0 Å². The number of nitrogens with zero attached hydrogens (tertiary/aromatic N) is 1. The largest absolute Gasteiger partial charge is 0.306 e. The molecule has 2 atom stereocenters. The first-order valence-electron chi connectivity index (χ1n) is 5.44. The van der Waals surface area contributed by atoms with Gasteiger partial charge in [-0.25, -0.2) is 0 Å². The average Bonchev–Trinajstić information content (AvgIpc) is 2.51. The van der Waals surface area contributed by atoms with Gasteiger partial charge in [-0.1, -0.05) is 0 Å². The second-order valence-electron chi connectivity index (χ2n) is 4.72. The van der Waals surface area contributed by atoms with Crippen LogP contribution in [0.1, 0.15) is 0 Å². The highest BCUT2D eigenvalue weighted by Crippen LogP contribution is 2.23. The molecule has 0 radical (unpaired) electrons. The molecule has 0 bridgehead atoms. The van der Waals surface area contributed by atoms with Crippen molar-refractivity contribution in [3.63, 3.8) is 0 Å². The Hall–Kier alpha value is -0.220. The summed E-state index contributed by atoms with van der Waals surface area (Å²) in [6, 6.07) is 0. The quantitative estimate of drug-likeness (QED) is 0.588. The molecule has 9 heteroatoms. The van der Waals surface area contributed by atoms with E-state index < -0.39 is 20.2 Å². The standard InChI is InChI=1S/C9H19NO6S2/c1-10-4-8(6-15-17(2,11)12)9(5-10)7-16-18(3,13)14/h8-9H,4-7H2,1-3H3. The predicted octanol–water partition coefficient (Wildman–Crippen LogP) is -0.883. The Labute approximate surface area is 108 Å². The molecule has 0 amide bonds. The van der Waals surface area contributed by atoms with E-state index >= 15 is 0 Å². The minimum atomic E-state index is -3.47. The first-order valence-corrected chi connectivity index (χ1v) is 9.07. The van der Waals surface area contributed by atoms with Gasteiger partial charge in [0.25, 0.3) is 20.2 Å². The van der Waals surface area contributed by atoms with Crippen molar-refractivity contribution in [1.29, 1.82) is 0 Å². The van der Waals surface area contributed by atoms with Crippen LogP contribution in [0.3, 0.4) is 0 Å². The molecule has 108 valence electrons. The second-order valence-corrected chi connectivity index (χ2v) is 8.01. The highest BCUT2D eigenvalue weighted by molar-refractivity contribution is 7.86. The van der Waals surface area contributed by atoms with E-state index in [1.807, 2.05) is 11.9 Å². The van der Waals surface area contributed by atoms with Crippen molar-refractivity contribution in [1.82, 2.24) is 4.90 Å². The Bertz CT molecular complexity index is 427. The van der Waals surface area contributed by atoms with Crippen LogP contribution >= 0.6 is 0 Å². The van der Waals surface area contributed by atoms with Crippen LogP contribution in [0.2, 0.25) is 0 Å². The number of likely N-dealkylation sites (tertiary alicyclic amines) is 1. The van der Waals surface area contributed by atoms with Gasteiger partial charge in [0.2, 0.25) is 0 Å². The van der Waals surface area contributed by atoms with E-state index in [0.717, 1.165) is 12.5 Å². The van der Waals surface area contributed by atoms with E-state index in [2.05, 4.69) is 0 Å². The van der Waals surface area contributed by atoms with Crippen LogP contribution in [0.15, 0.2) is 0 Å². The van der Waals surface area contributed by atoms with Crippen molar-refractivity contribution >= 4 is 20.2 Å². The lowest BCUT2D eigenvalue weighted by molar-refractivity contribution is 0.182. The molecule has 0 aliphatic carbocycles. The third kappa shape index (κ3) is 6.10. The molecule has 1 heterocycles. The van der Waals surface area contributed by atoms with Gasteiger partial charge < -0.3 is 4.90 Å². The summed E-state index contributed by atoms with van der Waals surface area (Å²) < 4.78 is 53.2. The Morgan fingerprint density at radius 2 is 1.28 bits per heavy atom. The van der Waals surface area contributed by atoms with E-state index in [0.29, 0.717) is 13.1 Å². The van der Waals surface area contributed by atoms with Gasteiger partial charge in [-0.15, -0.1) is 0 Å². The summed E-state index contributed by atoms with van der Waals surface area (Å²) in [6.07, 6.45) is 1.99. The number of hydrogen-bond acceptors (Lipinski definition) is 7. The van der Waals surface area contributed by atoms with E-state index in [1.54, 1.807) is 0 Å². The molecule has 0 spiro atoms. The van der Waals surface area contributed by atoms with Gasteiger partial charge in [-0.05, 0) is 7.05 Å². The van der Waals surface area contributed by atoms with Crippen molar-refractivity contribution in [2.75, 3.05) is 45.9 Å². The Kier molecular flexibility index (Phi) is 5.13. The first kappa shape index (κ1) is 15.8. The molecular weight excluding hydrogens is 282 g/mol. The highest BCUT2D eigenvalue weighted by atomic mass is 32.2. The summed E-state index contributed by atoms with van der Waals surface area (Å²) in [7, 11) is -5.06. The molecule has 0 N–H and O–H groups in total. The molecule has 0 aromatic rings. The molecule has 1 aliphatic rings. The van der Waals surface area contributed by atoms with Crippen LogP contribution in [-0.4, -0.2) is 67.6 Å².